The van der Waals surface area contributed by atoms with Gasteiger partial charge < -0.3 is 10.5 Å². The first kappa shape index (κ1) is 11.9. The maximum atomic E-state index is 5.73. The summed E-state index contributed by atoms with van der Waals surface area (Å²) in [5.74, 6) is 1.16. The van der Waals surface area contributed by atoms with E-state index in [9.17, 15) is 0 Å². The average molecular weight is 316 g/mol. The summed E-state index contributed by atoms with van der Waals surface area (Å²) in [6.07, 6.45) is 3.34. The molecule has 0 amide bonds. The number of nitrogens with zero attached hydrogens (tertiary/aromatic N) is 2. The Balaban J connectivity index is 1.95. The monoisotopic (exact) mass is 315 g/mol. The topological polar surface area (TPSA) is 61.0 Å². The molecule has 5 heteroatoms. The molecule has 0 saturated carbocycles. The van der Waals surface area contributed by atoms with E-state index in [1.807, 2.05) is 36.4 Å². The Labute approximate surface area is 118 Å². The molecule has 2 heterocycles. The van der Waals surface area contributed by atoms with Gasteiger partial charge in [0.25, 0.3) is 0 Å². The van der Waals surface area contributed by atoms with Crippen LogP contribution in [0.2, 0.25) is 0 Å². The van der Waals surface area contributed by atoms with E-state index in [-0.39, 0.29) is 0 Å². The highest BCUT2D eigenvalue weighted by molar-refractivity contribution is 9.10. The third-order valence-electron chi connectivity index (χ3n) is 2.59. The first-order valence-electron chi connectivity index (χ1n) is 5.65. The van der Waals surface area contributed by atoms with Crippen LogP contribution in [0.4, 0.5) is 5.69 Å². The van der Waals surface area contributed by atoms with E-state index in [2.05, 4.69) is 25.9 Å². The fraction of sp³-hybridized carbons (Fsp3) is 0. The van der Waals surface area contributed by atoms with Crippen LogP contribution in [0.25, 0.3) is 10.9 Å². The van der Waals surface area contributed by atoms with Crippen LogP contribution in [0.1, 0.15) is 0 Å². The molecule has 0 aliphatic rings. The van der Waals surface area contributed by atoms with Crippen molar-refractivity contribution in [2.45, 2.75) is 0 Å². The van der Waals surface area contributed by atoms with Gasteiger partial charge in [-0.1, -0.05) is 0 Å². The first-order chi connectivity index (χ1) is 9.20. The highest BCUT2D eigenvalue weighted by atomic mass is 79.9. The van der Waals surface area contributed by atoms with Gasteiger partial charge in [-0.05, 0) is 46.3 Å². The van der Waals surface area contributed by atoms with Gasteiger partial charge in [0.05, 0.1) is 11.7 Å². The van der Waals surface area contributed by atoms with Crippen molar-refractivity contribution < 1.29 is 4.74 Å². The second-order valence-electron chi connectivity index (χ2n) is 4.04. The number of anilines is 1. The lowest BCUT2D eigenvalue weighted by molar-refractivity contribution is 0.462. The third-order valence-corrected chi connectivity index (χ3v) is 3.02. The van der Waals surface area contributed by atoms with E-state index in [1.165, 1.54) is 0 Å². The molecule has 0 spiro atoms. The normalized spacial score (nSPS) is 10.6. The quantitative estimate of drug-likeness (QED) is 0.731. The maximum absolute atomic E-state index is 5.73. The highest BCUT2D eigenvalue weighted by Crippen LogP contribution is 2.24. The number of fused-ring (bicyclic) bond motifs is 1. The summed E-state index contributed by atoms with van der Waals surface area (Å²) in [6, 6.07) is 11.1. The first-order valence-corrected chi connectivity index (χ1v) is 6.45. The lowest BCUT2D eigenvalue weighted by atomic mass is 10.2. The summed E-state index contributed by atoms with van der Waals surface area (Å²) >= 11 is 3.35. The number of nitrogen functional groups attached to an aromatic ring is 1. The van der Waals surface area contributed by atoms with Crippen molar-refractivity contribution >= 4 is 32.5 Å². The Kier molecular flexibility index (Phi) is 3.05. The number of nitrogens with two attached hydrogens (primary N) is 1. The molecule has 0 aliphatic heterocycles. The van der Waals surface area contributed by atoms with Gasteiger partial charge in [-0.25, -0.2) is 4.98 Å². The van der Waals surface area contributed by atoms with Crippen LogP contribution in [0.3, 0.4) is 0 Å². The van der Waals surface area contributed by atoms with Gasteiger partial charge in [0, 0.05) is 27.8 Å². The number of hydrogen-bond acceptors (Lipinski definition) is 4. The lowest BCUT2D eigenvalue weighted by Crippen LogP contribution is -1.90. The molecule has 3 aromatic rings. The zero-order valence-corrected chi connectivity index (χ0v) is 11.5. The van der Waals surface area contributed by atoms with Crippen molar-refractivity contribution in [3.63, 3.8) is 0 Å². The summed E-state index contributed by atoms with van der Waals surface area (Å²) < 4.78 is 6.52. The molecule has 0 bridgehead atoms. The molecule has 4 nitrogen and oxygen atoms in total. The molecule has 0 unspecified atom stereocenters. The van der Waals surface area contributed by atoms with Crippen molar-refractivity contribution in [1.29, 1.82) is 0 Å². The molecule has 0 fully saturated rings. The standard InChI is InChI=1S/C14H10BrN3O/c15-10-6-12(8-17-7-10)19-14-4-1-9-5-11(16)2-3-13(9)18-14/h1-8H,16H2. The molecule has 0 atom stereocenters. The van der Waals surface area contributed by atoms with E-state index in [4.69, 9.17) is 10.5 Å². The molecular formula is C14H10BrN3O. The number of ether oxygens (including phenoxy) is 1. The highest BCUT2D eigenvalue weighted by Gasteiger charge is 2.02. The number of aromatic nitrogens is 2. The predicted octanol–water partition coefficient (Wildman–Crippen LogP) is 3.77. The fourth-order valence-electron chi connectivity index (χ4n) is 1.75. The summed E-state index contributed by atoms with van der Waals surface area (Å²) in [4.78, 5) is 8.46. The largest absolute Gasteiger partial charge is 0.437 e. The van der Waals surface area contributed by atoms with Crippen molar-refractivity contribution in [1.82, 2.24) is 9.97 Å². The zero-order valence-electron chi connectivity index (χ0n) is 9.88. The smallest absolute Gasteiger partial charge is 0.219 e. The van der Waals surface area contributed by atoms with E-state index >= 15 is 0 Å². The van der Waals surface area contributed by atoms with Crippen LogP contribution >= 0.6 is 15.9 Å². The van der Waals surface area contributed by atoms with Gasteiger partial charge in [-0.15, -0.1) is 0 Å². The molecule has 1 aromatic carbocycles. The van der Waals surface area contributed by atoms with E-state index < -0.39 is 0 Å². The number of rotatable bonds is 2. The minimum atomic E-state index is 0.525. The average Bonchev–Trinajstić information content (AvgIpc) is 2.39. The second kappa shape index (κ2) is 4.85. The van der Waals surface area contributed by atoms with Gasteiger partial charge in [-0.3, -0.25) is 4.98 Å². The molecule has 0 aliphatic carbocycles. The van der Waals surface area contributed by atoms with Crippen LogP contribution in [-0.4, -0.2) is 9.97 Å². The molecule has 0 saturated heterocycles. The Morgan fingerprint density at radius 3 is 2.79 bits per heavy atom. The van der Waals surface area contributed by atoms with Crippen LogP contribution in [-0.2, 0) is 0 Å². The lowest BCUT2D eigenvalue weighted by Gasteiger charge is -2.06. The van der Waals surface area contributed by atoms with Crippen LogP contribution in [0.15, 0.2) is 53.3 Å². The molecule has 3 rings (SSSR count). The van der Waals surface area contributed by atoms with Gasteiger partial charge in [0.1, 0.15) is 5.75 Å². The molecule has 19 heavy (non-hydrogen) atoms. The predicted molar refractivity (Wildman–Crippen MR) is 78.2 cm³/mol. The molecular weight excluding hydrogens is 306 g/mol. The van der Waals surface area contributed by atoms with Crippen molar-refractivity contribution in [2.24, 2.45) is 0 Å². The van der Waals surface area contributed by atoms with Crippen LogP contribution in [0, 0.1) is 0 Å². The second-order valence-corrected chi connectivity index (χ2v) is 4.96. The van der Waals surface area contributed by atoms with E-state index in [0.29, 0.717) is 11.6 Å². The van der Waals surface area contributed by atoms with Crippen molar-refractivity contribution in [2.75, 3.05) is 5.73 Å². The van der Waals surface area contributed by atoms with Crippen LogP contribution < -0.4 is 10.5 Å². The molecule has 0 radical (unpaired) electrons. The van der Waals surface area contributed by atoms with Gasteiger partial charge in [0.15, 0.2) is 0 Å². The Morgan fingerprint density at radius 1 is 1.05 bits per heavy atom. The number of benzene rings is 1. The SMILES string of the molecule is Nc1ccc2nc(Oc3cncc(Br)c3)ccc2c1. The van der Waals surface area contributed by atoms with Crippen molar-refractivity contribution in [3.05, 3.63) is 53.3 Å². The summed E-state index contributed by atoms with van der Waals surface area (Å²) in [7, 11) is 0. The number of pyridine rings is 2. The van der Waals surface area contributed by atoms with E-state index in [1.54, 1.807) is 12.4 Å². The minimum absolute atomic E-state index is 0.525. The maximum Gasteiger partial charge on any atom is 0.219 e. The van der Waals surface area contributed by atoms with Gasteiger partial charge >= 0.3 is 0 Å². The molecule has 2 aromatic heterocycles. The van der Waals surface area contributed by atoms with Gasteiger partial charge in [0.2, 0.25) is 5.88 Å². The molecule has 2 N–H and O–H groups in total. The summed E-state index contributed by atoms with van der Waals surface area (Å²) in [5, 5.41) is 0.986. The van der Waals surface area contributed by atoms with Crippen molar-refractivity contribution in [3.8, 4) is 11.6 Å². The molecule has 94 valence electrons. The van der Waals surface area contributed by atoms with E-state index in [0.717, 1.165) is 21.1 Å². The zero-order chi connectivity index (χ0) is 13.2. The summed E-state index contributed by atoms with van der Waals surface area (Å²) in [6.45, 7) is 0. The third kappa shape index (κ3) is 2.66. The van der Waals surface area contributed by atoms with Gasteiger partial charge in [-0.2, -0.15) is 0 Å². The number of hydrogen-bond donors (Lipinski definition) is 1. The Morgan fingerprint density at radius 2 is 1.95 bits per heavy atom. The minimum Gasteiger partial charge on any atom is -0.437 e. The fourth-order valence-corrected chi connectivity index (χ4v) is 2.09. The van der Waals surface area contributed by atoms with Crippen LogP contribution in [0.5, 0.6) is 11.6 Å². The Bertz CT molecular complexity index is 746. The number of halogens is 1. The summed E-state index contributed by atoms with van der Waals surface area (Å²) in [5.41, 5.74) is 7.29. The Hall–Kier alpha value is -2.14.